The normalized spacial score (nSPS) is 33.0. The molecule has 1 aliphatic rings. The van der Waals surface area contributed by atoms with E-state index < -0.39 is 60.5 Å². The molecule has 1 fully saturated rings. The first kappa shape index (κ1) is 23.2. The largest absolute Gasteiger partial charge is 0.490 e. The van der Waals surface area contributed by atoms with Crippen LogP contribution in [-0.4, -0.2) is 55.3 Å². The molecule has 0 aromatic heterocycles. The van der Waals surface area contributed by atoms with Gasteiger partial charge in [0.15, 0.2) is 0 Å². The molecule has 0 amide bonds. The minimum absolute atomic E-state index is 0.487. The molecule has 2 unspecified atom stereocenters. The summed E-state index contributed by atoms with van der Waals surface area (Å²) >= 11 is 0. The minimum atomic E-state index is -5.87. The van der Waals surface area contributed by atoms with Gasteiger partial charge in [0.05, 0.1) is 18.8 Å². The van der Waals surface area contributed by atoms with Crippen LogP contribution in [0.4, 0.5) is 13.2 Å². The summed E-state index contributed by atoms with van der Waals surface area (Å²) < 4.78 is 87.7. The van der Waals surface area contributed by atoms with Crippen LogP contribution in [0.25, 0.3) is 0 Å². The maximum atomic E-state index is 13.2. The molecule has 0 radical (unpaired) electrons. The number of aliphatic hydroxyl groups excluding tert-OH is 1. The maximum Gasteiger partial charge on any atom is 0.490 e. The zero-order valence-electron chi connectivity index (χ0n) is 12.1. The molecule has 1 rings (SSSR count). The van der Waals surface area contributed by atoms with Gasteiger partial charge >= 0.3 is 29.6 Å². The molecule has 0 saturated carbocycles. The molecule has 0 bridgehead atoms. The third-order valence-electron chi connectivity index (χ3n) is 2.84. The zero-order chi connectivity index (χ0) is 19.9. The number of phosphoric acid groups is 3. The molecule has 1 aliphatic heterocycles. The summed E-state index contributed by atoms with van der Waals surface area (Å²) in [7, 11) is -17.3. The Morgan fingerprint density at radius 2 is 1.64 bits per heavy atom. The molecule has 25 heavy (non-hydrogen) atoms. The Labute approximate surface area is 137 Å². The number of alkyl halides is 3. The lowest BCUT2D eigenvalue weighted by Crippen LogP contribution is -2.56. The number of ether oxygens (including phenoxy) is 1. The maximum absolute atomic E-state index is 13.2. The van der Waals surface area contributed by atoms with Gasteiger partial charge in [-0.1, -0.05) is 0 Å². The second-order valence-corrected chi connectivity index (χ2v) is 9.35. The highest BCUT2D eigenvalue weighted by Gasteiger charge is 2.65. The van der Waals surface area contributed by atoms with Crippen LogP contribution in [0.3, 0.4) is 0 Å². The van der Waals surface area contributed by atoms with Gasteiger partial charge in [-0.05, 0) is 6.92 Å². The Balaban J connectivity index is 2.91. The molecular formula is C7H14F3O12P3. The van der Waals surface area contributed by atoms with E-state index in [1.807, 2.05) is 0 Å². The Hall–Kier alpha value is 0.120. The predicted molar refractivity (Wildman–Crippen MR) is 69.8 cm³/mol. The summed E-state index contributed by atoms with van der Waals surface area (Å²) in [5.41, 5.74) is -3.42. The van der Waals surface area contributed by atoms with E-state index in [0.717, 1.165) is 0 Å². The molecular weight excluding hydrogens is 426 g/mol. The first-order valence-electron chi connectivity index (χ1n) is 6.10. The van der Waals surface area contributed by atoms with E-state index in [2.05, 4.69) is 17.9 Å². The van der Waals surface area contributed by atoms with E-state index in [1.54, 1.807) is 0 Å². The SMILES string of the molecule is C[C@H]1C[C@@H](O)[C@](COP(=O)(O)OP(=O)(O)OP(=O)(O)O)(C(F)(F)F)O1. The summed E-state index contributed by atoms with van der Waals surface area (Å²) in [6, 6.07) is 0. The van der Waals surface area contributed by atoms with Gasteiger partial charge in [-0.25, -0.2) is 13.7 Å². The lowest BCUT2D eigenvalue weighted by Gasteiger charge is -2.33. The van der Waals surface area contributed by atoms with Crippen molar-refractivity contribution in [2.45, 2.75) is 37.3 Å². The van der Waals surface area contributed by atoms with E-state index in [9.17, 15) is 36.9 Å². The Morgan fingerprint density at radius 1 is 1.12 bits per heavy atom. The van der Waals surface area contributed by atoms with Gasteiger partial charge in [0, 0.05) is 6.42 Å². The molecule has 1 heterocycles. The van der Waals surface area contributed by atoms with Crippen molar-refractivity contribution < 1.29 is 69.4 Å². The molecule has 12 nitrogen and oxygen atoms in total. The third-order valence-corrected chi connectivity index (χ3v) is 6.63. The topological polar surface area (TPSA) is 189 Å². The first-order chi connectivity index (χ1) is 10.9. The van der Waals surface area contributed by atoms with Gasteiger partial charge < -0.3 is 29.4 Å². The van der Waals surface area contributed by atoms with Crippen LogP contribution in [0.5, 0.6) is 0 Å². The standard InChI is InChI=1S/C7H14F3O12P3/c1-4-2-5(11)6(20-4,7(8,9)10)3-19-24(15,16)22-25(17,18)21-23(12,13)14/h4-5,11H,2-3H2,1H3,(H,15,16)(H,17,18)(H2,12,13,14)/t4-,5+,6+/m0/s1. The zero-order valence-corrected chi connectivity index (χ0v) is 14.8. The van der Waals surface area contributed by atoms with Crippen LogP contribution in [0, 0.1) is 0 Å². The number of rotatable bonds is 7. The Morgan fingerprint density at radius 3 is 2.00 bits per heavy atom. The first-order valence-corrected chi connectivity index (χ1v) is 10.6. The number of aliphatic hydroxyl groups is 1. The van der Waals surface area contributed by atoms with Crippen molar-refractivity contribution in [3.63, 3.8) is 0 Å². The van der Waals surface area contributed by atoms with Crippen molar-refractivity contribution in [2.24, 2.45) is 0 Å². The molecule has 150 valence electrons. The van der Waals surface area contributed by atoms with Crippen LogP contribution in [0.15, 0.2) is 0 Å². The fraction of sp³-hybridized carbons (Fsp3) is 1.00. The third kappa shape index (κ3) is 6.35. The summed E-state index contributed by atoms with van der Waals surface area (Å²) in [6.45, 7) is -0.632. The van der Waals surface area contributed by atoms with Crippen molar-refractivity contribution >= 4 is 23.5 Å². The van der Waals surface area contributed by atoms with Gasteiger partial charge in [0.2, 0.25) is 5.60 Å². The fourth-order valence-electron chi connectivity index (χ4n) is 1.94. The molecule has 5 atom stereocenters. The molecule has 0 spiro atoms. The number of hydrogen-bond acceptors (Lipinski definition) is 8. The Bertz CT molecular complexity index is 632. The highest BCUT2D eigenvalue weighted by molar-refractivity contribution is 7.66. The molecule has 0 aromatic carbocycles. The van der Waals surface area contributed by atoms with Gasteiger partial charge in [0.25, 0.3) is 0 Å². The van der Waals surface area contributed by atoms with Crippen molar-refractivity contribution in [3.05, 3.63) is 0 Å². The van der Waals surface area contributed by atoms with E-state index in [0.29, 0.717) is 0 Å². The number of phosphoric ester groups is 1. The summed E-state index contributed by atoms with van der Waals surface area (Å²) in [5.74, 6) is 0. The summed E-state index contributed by atoms with van der Waals surface area (Å²) in [5, 5.41) is 9.56. The fourth-order valence-corrected chi connectivity index (χ4v) is 4.99. The predicted octanol–water partition coefficient (Wildman–Crippen LogP) is 0.800. The molecule has 0 aromatic rings. The molecule has 5 N–H and O–H groups in total. The monoisotopic (exact) mass is 440 g/mol. The Kier molecular flexibility index (Phi) is 6.73. The van der Waals surface area contributed by atoms with Crippen LogP contribution in [0.1, 0.15) is 13.3 Å². The molecule has 0 aliphatic carbocycles. The highest BCUT2D eigenvalue weighted by atomic mass is 31.3. The van der Waals surface area contributed by atoms with Crippen LogP contribution < -0.4 is 0 Å². The van der Waals surface area contributed by atoms with Crippen LogP contribution in [0.2, 0.25) is 0 Å². The second-order valence-electron chi connectivity index (χ2n) is 4.93. The number of hydrogen-bond donors (Lipinski definition) is 5. The minimum Gasteiger partial charge on any atom is -0.390 e. The number of halogens is 3. The van der Waals surface area contributed by atoms with E-state index >= 15 is 0 Å². The van der Waals surface area contributed by atoms with Crippen molar-refractivity contribution in [2.75, 3.05) is 6.61 Å². The molecule has 1 saturated heterocycles. The molecule has 18 heteroatoms. The van der Waals surface area contributed by atoms with E-state index in [4.69, 9.17) is 14.7 Å². The summed E-state index contributed by atoms with van der Waals surface area (Å²) in [4.78, 5) is 34.7. The lowest BCUT2D eigenvalue weighted by molar-refractivity contribution is -0.297. The summed E-state index contributed by atoms with van der Waals surface area (Å²) in [6.07, 6.45) is -9.03. The van der Waals surface area contributed by atoms with Crippen molar-refractivity contribution in [1.82, 2.24) is 0 Å². The van der Waals surface area contributed by atoms with Gasteiger partial charge in [-0.3, -0.25) is 4.52 Å². The van der Waals surface area contributed by atoms with Crippen LogP contribution >= 0.6 is 23.5 Å². The van der Waals surface area contributed by atoms with Crippen molar-refractivity contribution in [3.8, 4) is 0 Å². The van der Waals surface area contributed by atoms with Crippen LogP contribution in [-0.2, 0) is 31.6 Å². The lowest BCUT2D eigenvalue weighted by atomic mass is 9.97. The second kappa shape index (κ2) is 7.27. The highest BCUT2D eigenvalue weighted by Crippen LogP contribution is 2.66. The van der Waals surface area contributed by atoms with Gasteiger partial charge in [0.1, 0.15) is 0 Å². The van der Waals surface area contributed by atoms with Gasteiger partial charge in [-0.15, -0.1) is 0 Å². The van der Waals surface area contributed by atoms with E-state index in [-0.39, 0.29) is 0 Å². The smallest absolute Gasteiger partial charge is 0.390 e. The average Bonchev–Trinajstić information content (AvgIpc) is 2.56. The average molecular weight is 440 g/mol. The van der Waals surface area contributed by atoms with Crippen molar-refractivity contribution in [1.29, 1.82) is 0 Å². The van der Waals surface area contributed by atoms with Gasteiger partial charge in [-0.2, -0.15) is 21.8 Å². The van der Waals surface area contributed by atoms with E-state index in [1.165, 1.54) is 6.92 Å². The quantitative estimate of drug-likeness (QED) is 0.351.